The highest BCUT2D eigenvalue weighted by Gasteiger charge is 2.29. The molecular weight excluding hydrogens is 336 g/mol. The largest absolute Gasteiger partial charge is 0.466 e. The number of amides is 2. The van der Waals surface area contributed by atoms with E-state index in [2.05, 4.69) is 0 Å². The van der Waals surface area contributed by atoms with Crippen LogP contribution in [-0.4, -0.2) is 60.9 Å². The van der Waals surface area contributed by atoms with E-state index in [0.717, 1.165) is 18.6 Å². The van der Waals surface area contributed by atoms with Gasteiger partial charge in [0.25, 0.3) is 0 Å². The molecule has 0 aliphatic carbocycles. The summed E-state index contributed by atoms with van der Waals surface area (Å²) in [5.41, 5.74) is 0. The molecule has 2 heterocycles. The van der Waals surface area contributed by atoms with E-state index >= 15 is 0 Å². The number of carbonyl (C=O) groups is 3. The normalized spacial score (nSPS) is 17.3. The van der Waals surface area contributed by atoms with E-state index in [-0.39, 0.29) is 30.2 Å². The minimum atomic E-state index is -0.286. The first kappa shape index (κ1) is 19.8. The molecule has 1 aliphatic heterocycles. The number of furan rings is 1. The number of rotatable bonds is 6. The Balaban J connectivity index is 1.86. The van der Waals surface area contributed by atoms with Crippen molar-refractivity contribution >= 4 is 23.9 Å². The summed E-state index contributed by atoms with van der Waals surface area (Å²) in [5, 5.41) is 0. The van der Waals surface area contributed by atoms with Gasteiger partial charge in [0.1, 0.15) is 11.5 Å². The van der Waals surface area contributed by atoms with Crippen LogP contribution in [-0.2, 0) is 19.1 Å². The molecule has 0 aromatic carbocycles. The first-order valence-electron chi connectivity index (χ1n) is 8.84. The lowest BCUT2D eigenvalue weighted by Crippen LogP contribution is -2.47. The zero-order valence-electron chi connectivity index (χ0n) is 15.6. The molecule has 0 N–H and O–H groups in total. The summed E-state index contributed by atoms with van der Waals surface area (Å²) >= 11 is 0. The lowest BCUT2D eigenvalue weighted by Gasteiger charge is -2.32. The topological polar surface area (TPSA) is 80.1 Å². The number of piperidine rings is 1. The first-order chi connectivity index (χ1) is 12.4. The van der Waals surface area contributed by atoms with Crippen LogP contribution in [0.2, 0.25) is 0 Å². The SMILES string of the molecule is CCOC(=O)[C@@H]1CCCN(C(=O)CN(C)C(=O)/C=C\c2ccc(C)o2)C1. The molecule has 1 aromatic heterocycles. The number of hydrogen-bond donors (Lipinski definition) is 0. The Labute approximate surface area is 153 Å². The fourth-order valence-corrected chi connectivity index (χ4v) is 2.86. The van der Waals surface area contributed by atoms with Crippen molar-refractivity contribution in [2.45, 2.75) is 26.7 Å². The van der Waals surface area contributed by atoms with E-state index in [0.29, 0.717) is 25.5 Å². The lowest BCUT2D eigenvalue weighted by molar-refractivity contribution is -0.151. The Bertz CT molecular complexity index is 679. The molecule has 1 fully saturated rings. The summed E-state index contributed by atoms with van der Waals surface area (Å²) in [6, 6.07) is 3.58. The van der Waals surface area contributed by atoms with E-state index in [1.165, 1.54) is 11.0 Å². The molecule has 0 bridgehead atoms. The van der Waals surface area contributed by atoms with Gasteiger partial charge in [-0.1, -0.05) is 0 Å². The third-order valence-corrected chi connectivity index (χ3v) is 4.29. The van der Waals surface area contributed by atoms with Gasteiger partial charge in [-0.15, -0.1) is 0 Å². The van der Waals surface area contributed by atoms with Crippen molar-refractivity contribution in [1.29, 1.82) is 0 Å². The van der Waals surface area contributed by atoms with E-state index < -0.39 is 0 Å². The molecule has 7 heteroatoms. The molecule has 1 aliphatic rings. The van der Waals surface area contributed by atoms with Crippen LogP contribution >= 0.6 is 0 Å². The van der Waals surface area contributed by atoms with Crippen molar-refractivity contribution in [3.63, 3.8) is 0 Å². The fraction of sp³-hybridized carbons (Fsp3) is 0.526. The molecule has 0 radical (unpaired) electrons. The van der Waals surface area contributed by atoms with Crippen LogP contribution in [0.3, 0.4) is 0 Å². The van der Waals surface area contributed by atoms with Crippen LogP contribution < -0.4 is 0 Å². The second-order valence-electron chi connectivity index (χ2n) is 6.41. The third kappa shape index (κ3) is 5.47. The molecule has 142 valence electrons. The monoisotopic (exact) mass is 362 g/mol. The highest BCUT2D eigenvalue weighted by atomic mass is 16.5. The Kier molecular flexibility index (Phi) is 7.00. The van der Waals surface area contributed by atoms with Gasteiger partial charge < -0.3 is 19.0 Å². The second-order valence-corrected chi connectivity index (χ2v) is 6.41. The predicted octanol–water partition coefficient (Wildman–Crippen LogP) is 1.86. The molecule has 1 atom stereocenters. The van der Waals surface area contributed by atoms with E-state index in [4.69, 9.17) is 9.15 Å². The van der Waals surface area contributed by atoms with Gasteiger partial charge in [0.2, 0.25) is 11.8 Å². The van der Waals surface area contributed by atoms with Crippen molar-refractivity contribution < 1.29 is 23.5 Å². The van der Waals surface area contributed by atoms with Crippen LogP contribution in [0.25, 0.3) is 6.08 Å². The second kappa shape index (κ2) is 9.22. The zero-order valence-corrected chi connectivity index (χ0v) is 15.6. The average Bonchev–Trinajstić information content (AvgIpc) is 3.05. The van der Waals surface area contributed by atoms with Gasteiger partial charge in [-0.2, -0.15) is 0 Å². The molecule has 2 amide bonds. The van der Waals surface area contributed by atoms with E-state index in [9.17, 15) is 14.4 Å². The van der Waals surface area contributed by atoms with Gasteiger partial charge in [-0.25, -0.2) is 0 Å². The predicted molar refractivity (Wildman–Crippen MR) is 96.1 cm³/mol. The van der Waals surface area contributed by atoms with Crippen molar-refractivity contribution in [2.75, 3.05) is 33.3 Å². The van der Waals surface area contributed by atoms with Gasteiger partial charge in [-0.3, -0.25) is 14.4 Å². The highest BCUT2D eigenvalue weighted by Crippen LogP contribution is 2.18. The number of nitrogens with zero attached hydrogens (tertiary/aromatic N) is 2. The standard InChI is InChI=1S/C19H26N2O5/c1-4-25-19(24)15-6-5-11-21(12-15)18(23)13-20(3)17(22)10-9-16-8-7-14(2)26-16/h7-10,15H,4-6,11-13H2,1-3H3/b10-9-/t15-/m1/s1. The van der Waals surface area contributed by atoms with Gasteiger partial charge in [0.05, 0.1) is 19.1 Å². The van der Waals surface area contributed by atoms with Gasteiger partial charge in [-0.05, 0) is 44.9 Å². The van der Waals surface area contributed by atoms with Crippen LogP contribution in [0.5, 0.6) is 0 Å². The Hall–Kier alpha value is -2.57. The minimum absolute atomic E-state index is 0.0318. The fourth-order valence-electron chi connectivity index (χ4n) is 2.86. The maximum atomic E-state index is 12.5. The Morgan fingerprint density at radius 1 is 1.38 bits per heavy atom. The van der Waals surface area contributed by atoms with Crippen LogP contribution in [0, 0.1) is 12.8 Å². The zero-order chi connectivity index (χ0) is 19.1. The third-order valence-electron chi connectivity index (χ3n) is 4.29. The first-order valence-corrected chi connectivity index (χ1v) is 8.84. The molecule has 0 spiro atoms. The van der Waals surface area contributed by atoms with Crippen molar-refractivity contribution in [1.82, 2.24) is 9.80 Å². The molecule has 1 saturated heterocycles. The molecule has 1 aromatic rings. The summed E-state index contributed by atoms with van der Waals surface area (Å²) in [6.45, 7) is 4.84. The van der Waals surface area contributed by atoms with Gasteiger partial charge in [0, 0.05) is 26.2 Å². The molecule has 26 heavy (non-hydrogen) atoms. The van der Waals surface area contributed by atoms with Gasteiger partial charge in [0.15, 0.2) is 0 Å². The van der Waals surface area contributed by atoms with Crippen molar-refractivity contribution in [2.24, 2.45) is 5.92 Å². The quantitative estimate of drug-likeness (QED) is 0.570. The number of hydrogen-bond acceptors (Lipinski definition) is 5. The van der Waals surface area contributed by atoms with Crippen molar-refractivity contribution in [3.8, 4) is 0 Å². The average molecular weight is 362 g/mol. The van der Waals surface area contributed by atoms with Gasteiger partial charge >= 0.3 is 5.97 Å². The molecule has 7 nitrogen and oxygen atoms in total. The molecule has 0 unspecified atom stereocenters. The number of likely N-dealkylation sites (tertiary alicyclic amines) is 1. The molecular formula is C19H26N2O5. The summed E-state index contributed by atoms with van der Waals surface area (Å²) in [6.07, 6.45) is 4.43. The number of ether oxygens (including phenoxy) is 1. The van der Waals surface area contributed by atoms with Crippen molar-refractivity contribution in [3.05, 3.63) is 29.7 Å². The Morgan fingerprint density at radius 3 is 2.81 bits per heavy atom. The maximum absolute atomic E-state index is 12.5. The maximum Gasteiger partial charge on any atom is 0.310 e. The van der Waals surface area contributed by atoms with Crippen LogP contribution in [0.15, 0.2) is 22.6 Å². The molecule has 2 rings (SSSR count). The summed E-state index contributed by atoms with van der Waals surface area (Å²) in [5.74, 6) is 0.357. The highest BCUT2D eigenvalue weighted by molar-refractivity contribution is 5.94. The smallest absolute Gasteiger partial charge is 0.310 e. The number of likely N-dealkylation sites (N-methyl/N-ethyl adjacent to an activating group) is 1. The number of aryl methyl sites for hydroxylation is 1. The number of carbonyl (C=O) groups excluding carboxylic acids is 3. The van der Waals surface area contributed by atoms with E-state index in [1.54, 1.807) is 31.0 Å². The summed E-state index contributed by atoms with van der Waals surface area (Å²) in [7, 11) is 1.57. The lowest BCUT2D eigenvalue weighted by atomic mass is 9.98. The minimum Gasteiger partial charge on any atom is -0.466 e. The van der Waals surface area contributed by atoms with Crippen LogP contribution in [0.4, 0.5) is 0 Å². The number of esters is 1. The van der Waals surface area contributed by atoms with Crippen LogP contribution in [0.1, 0.15) is 31.3 Å². The van der Waals surface area contributed by atoms with E-state index in [1.807, 2.05) is 13.0 Å². The summed E-state index contributed by atoms with van der Waals surface area (Å²) < 4.78 is 10.4. The summed E-state index contributed by atoms with van der Waals surface area (Å²) in [4.78, 5) is 39.5. The molecule has 0 saturated carbocycles. The Morgan fingerprint density at radius 2 is 2.15 bits per heavy atom.